The van der Waals surface area contributed by atoms with Crippen molar-refractivity contribution in [2.75, 3.05) is 0 Å². The fourth-order valence-corrected chi connectivity index (χ4v) is 2.97. The van der Waals surface area contributed by atoms with Gasteiger partial charge < -0.3 is 4.42 Å². The van der Waals surface area contributed by atoms with Gasteiger partial charge >= 0.3 is 0 Å². The van der Waals surface area contributed by atoms with E-state index in [0.29, 0.717) is 30.3 Å². The molecule has 2 aromatic rings. The topological polar surface area (TPSA) is 63.8 Å². The molecule has 1 fully saturated rings. The molecular formula is C12H16N4OS. The summed E-state index contributed by atoms with van der Waals surface area (Å²) in [5, 5.41) is 14.6. The van der Waals surface area contributed by atoms with Gasteiger partial charge in [0.25, 0.3) is 0 Å². The highest BCUT2D eigenvalue weighted by Gasteiger charge is 2.34. The summed E-state index contributed by atoms with van der Waals surface area (Å²) >= 11 is 1.73. The van der Waals surface area contributed by atoms with Crippen molar-refractivity contribution in [3.05, 3.63) is 27.9 Å². The predicted molar refractivity (Wildman–Crippen MR) is 68.2 cm³/mol. The molecule has 0 aromatic carbocycles. The molecule has 0 radical (unpaired) electrons. The Balaban J connectivity index is 1.67. The van der Waals surface area contributed by atoms with Crippen molar-refractivity contribution in [2.24, 2.45) is 5.92 Å². The molecule has 0 saturated heterocycles. The summed E-state index contributed by atoms with van der Waals surface area (Å²) in [6.07, 6.45) is 2.55. The van der Waals surface area contributed by atoms with Gasteiger partial charge in [0, 0.05) is 18.0 Å². The third-order valence-corrected chi connectivity index (χ3v) is 4.08. The van der Waals surface area contributed by atoms with E-state index in [-0.39, 0.29) is 0 Å². The van der Waals surface area contributed by atoms with Crippen molar-refractivity contribution < 1.29 is 4.42 Å². The highest BCUT2D eigenvalue weighted by molar-refractivity contribution is 7.09. The Morgan fingerprint density at radius 1 is 1.44 bits per heavy atom. The SMILES string of the molecule is Cc1csc([C@@H](NCc2nnc(C)o2)C2CC2)n1. The van der Waals surface area contributed by atoms with Gasteiger partial charge in [-0.15, -0.1) is 21.5 Å². The Hall–Kier alpha value is -1.27. The quantitative estimate of drug-likeness (QED) is 0.898. The Morgan fingerprint density at radius 3 is 2.83 bits per heavy atom. The first-order valence-corrected chi connectivity index (χ1v) is 7.05. The van der Waals surface area contributed by atoms with Gasteiger partial charge in [-0.2, -0.15) is 0 Å². The minimum absolute atomic E-state index is 0.330. The summed E-state index contributed by atoms with van der Waals surface area (Å²) < 4.78 is 5.37. The van der Waals surface area contributed by atoms with Gasteiger partial charge in [-0.25, -0.2) is 4.98 Å². The predicted octanol–water partition coefficient (Wildman–Crippen LogP) is 2.38. The molecule has 0 amide bonds. The van der Waals surface area contributed by atoms with Crippen LogP contribution in [-0.4, -0.2) is 15.2 Å². The van der Waals surface area contributed by atoms with Crippen molar-refractivity contribution in [3.63, 3.8) is 0 Å². The Bertz CT molecular complexity index is 532. The zero-order chi connectivity index (χ0) is 12.5. The maximum absolute atomic E-state index is 5.37. The van der Waals surface area contributed by atoms with Crippen molar-refractivity contribution in [1.82, 2.24) is 20.5 Å². The number of rotatable bonds is 5. The van der Waals surface area contributed by atoms with E-state index in [4.69, 9.17) is 4.42 Å². The minimum Gasteiger partial charge on any atom is -0.424 e. The second-order valence-corrected chi connectivity index (χ2v) is 5.63. The largest absolute Gasteiger partial charge is 0.424 e. The maximum Gasteiger partial charge on any atom is 0.230 e. The van der Waals surface area contributed by atoms with Crippen molar-refractivity contribution in [1.29, 1.82) is 0 Å². The first-order chi connectivity index (χ1) is 8.72. The van der Waals surface area contributed by atoms with Crippen molar-refractivity contribution in [2.45, 2.75) is 39.3 Å². The van der Waals surface area contributed by atoms with Gasteiger partial charge in [-0.3, -0.25) is 5.32 Å². The van der Waals surface area contributed by atoms with Crippen LogP contribution in [0.25, 0.3) is 0 Å². The molecular weight excluding hydrogens is 248 g/mol. The normalized spacial score (nSPS) is 17.0. The number of aromatic nitrogens is 3. The lowest BCUT2D eigenvalue weighted by Crippen LogP contribution is -2.22. The van der Waals surface area contributed by atoms with E-state index in [1.807, 2.05) is 6.92 Å². The Morgan fingerprint density at radius 2 is 2.28 bits per heavy atom. The number of nitrogens with one attached hydrogen (secondary N) is 1. The average Bonchev–Trinajstić information content (AvgIpc) is 2.96. The third-order valence-electron chi connectivity index (χ3n) is 3.04. The number of hydrogen-bond donors (Lipinski definition) is 1. The zero-order valence-corrected chi connectivity index (χ0v) is 11.3. The molecule has 1 atom stereocenters. The molecule has 0 bridgehead atoms. The molecule has 5 nitrogen and oxygen atoms in total. The standard InChI is InChI=1S/C12H16N4OS/c1-7-6-18-12(14-7)11(9-3-4-9)13-5-10-16-15-8(2)17-10/h6,9,11,13H,3-5H2,1-2H3/t11-/m0/s1. The molecule has 0 spiro atoms. The fourth-order valence-electron chi connectivity index (χ4n) is 2.01. The van der Waals surface area contributed by atoms with Gasteiger partial charge in [0.15, 0.2) is 0 Å². The number of nitrogens with zero attached hydrogens (tertiary/aromatic N) is 3. The molecule has 96 valence electrons. The number of aryl methyl sites for hydroxylation is 2. The van der Waals surface area contributed by atoms with E-state index in [9.17, 15) is 0 Å². The number of thiazole rings is 1. The average molecular weight is 264 g/mol. The first-order valence-electron chi connectivity index (χ1n) is 6.17. The molecule has 18 heavy (non-hydrogen) atoms. The van der Waals surface area contributed by atoms with Crippen LogP contribution in [0.4, 0.5) is 0 Å². The van der Waals surface area contributed by atoms with E-state index in [2.05, 4.69) is 25.9 Å². The molecule has 0 unspecified atom stereocenters. The lowest BCUT2D eigenvalue weighted by molar-refractivity contribution is 0.405. The minimum atomic E-state index is 0.330. The Labute approximate surface area is 110 Å². The van der Waals surface area contributed by atoms with Crippen LogP contribution in [0.2, 0.25) is 0 Å². The van der Waals surface area contributed by atoms with Crippen molar-refractivity contribution >= 4 is 11.3 Å². The molecule has 2 aromatic heterocycles. The zero-order valence-electron chi connectivity index (χ0n) is 10.5. The molecule has 1 N–H and O–H groups in total. The summed E-state index contributed by atoms with van der Waals surface area (Å²) in [6.45, 7) is 4.45. The van der Waals surface area contributed by atoms with Gasteiger partial charge in [-0.05, 0) is 25.7 Å². The molecule has 1 aliphatic rings. The van der Waals surface area contributed by atoms with Gasteiger partial charge in [0.05, 0.1) is 12.6 Å². The van der Waals surface area contributed by atoms with Gasteiger partial charge in [0.1, 0.15) is 5.01 Å². The summed E-state index contributed by atoms with van der Waals surface area (Å²) in [5.74, 6) is 1.96. The monoisotopic (exact) mass is 264 g/mol. The van der Waals surface area contributed by atoms with E-state index >= 15 is 0 Å². The first kappa shape index (κ1) is 11.8. The third kappa shape index (κ3) is 2.59. The van der Waals surface area contributed by atoms with E-state index in [1.54, 1.807) is 18.3 Å². The van der Waals surface area contributed by atoms with Crippen LogP contribution in [0.1, 0.15) is 41.4 Å². The fraction of sp³-hybridized carbons (Fsp3) is 0.583. The summed E-state index contributed by atoms with van der Waals surface area (Å²) in [4.78, 5) is 4.58. The second kappa shape index (κ2) is 4.78. The molecule has 6 heteroatoms. The molecule has 2 heterocycles. The molecule has 0 aliphatic heterocycles. The van der Waals surface area contributed by atoms with Gasteiger partial charge in [-0.1, -0.05) is 0 Å². The smallest absolute Gasteiger partial charge is 0.230 e. The second-order valence-electron chi connectivity index (χ2n) is 4.74. The molecule has 1 saturated carbocycles. The van der Waals surface area contributed by atoms with Crippen LogP contribution in [0, 0.1) is 19.8 Å². The number of hydrogen-bond acceptors (Lipinski definition) is 6. The molecule has 3 rings (SSSR count). The summed E-state index contributed by atoms with van der Waals surface area (Å²) in [7, 11) is 0. The van der Waals surface area contributed by atoms with Gasteiger partial charge in [0.2, 0.25) is 11.8 Å². The lowest BCUT2D eigenvalue weighted by atomic mass is 10.2. The van der Waals surface area contributed by atoms with E-state index < -0.39 is 0 Å². The molecule has 1 aliphatic carbocycles. The van der Waals surface area contributed by atoms with Crippen LogP contribution in [0.5, 0.6) is 0 Å². The highest BCUT2D eigenvalue weighted by Crippen LogP contribution is 2.41. The van der Waals surface area contributed by atoms with Crippen LogP contribution >= 0.6 is 11.3 Å². The van der Waals surface area contributed by atoms with Crippen LogP contribution in [0.15, 0.2) is 9.80 Å². The maximum atomic E-state index is 5.37. The lowest BCUT2D eigenvalue weighted by Gasteiger charge is -2.14. The van der Waals surface area contributed by atoms with Crippen molar-refractivity contribution in [3.8, 4) is 0 Å². The summed E-state index contributed by atoms with van der Waals surface area (Å²) in [5.41, 5.74) is 1.09. The van der Waals surface area contributed by atoms with Crippen LogP contribution in [0.3, 0.4) is 0 Å². The van der Waals surface area contributed by atoms with Crippen LogP contribution in [-0.2, 0) is 6.54 Å². The highest BCUT2D eigenvalue weighted by atomic mass is 32.1. The Kier molecular flexibility index (Phi) is 3.13. The van der Waals surface area contributed by atoms with E-state index in [1.165, 1.54) is 17.8 Å². The van der Waals surface area contributed by atoms with Crippen LogP contribution < -0.4 is 5.32 Å². The van der Waals surface area contributed by atoms with E-state index in [0.717, 1.165) is 5.69 Å². The summed E-state index contributed by atoms with van der Waals surface area (Å²) in [6, 6.07) is 0.330.